The van der Waals surface area contributed by atoms with E-state index in [1.54, 1.807) is 7.05 Å². The summed E-state index contributed by atoms with van der Waals surface area (Å²) >= 11 is 0. The molecule has 0 unspecified atom stereocenters. The molecule has 0 bridgehead atoms. The number of guanidine groups is 1. The Morgan fingerprint density at radius 1 is 1.20 bits per heavy atom. The van der Waals surface area contributed by atoms with Gasteiger partial charge in [0.05, 0.1) is 0 Å². The number of aliphatic imine (C=N–C) groups is 1. The van der Waals surface area contributed by atoms with Crippen LogP contribution in [0.1, 0.15) is 40.0 Å². The molecule has 0 radical (unpaired) electrons. The summed E-state index contributed by atoms with van der Waals surface area (Å²) in [6.45, 7) is 7.90. The molecule has 6 nitrogen and oxygen atoms in total. The second-order valence-corrected chi connectivity index (χ2v) is 6.11. The van der Waals surface area contributed by atoms with E-state index in [0.29, 0.717) is 6.54 Å². The van der Waals surface area contributed by atoms with E-state index >= 15 is 0 Å². The first kappa shape index (κ1) is 16.6. The molecule has 0 heterocycles. The van der Waals surface area contributed by atoms with E-state index in [2.05, 4.69) is 20.9 Å². The fourth-order valence-electron chi connectivity index (χ4n) is 1.58. The van der Waals surface area contributed by atoms with Crippen molar-refractivity contribution in [3.63, 3.8) is 0 Å². The molecule has 1 amide bonds. The van der Waals surface area contributed by atoms with Crippen LogP contribution in [-0.2, 0) is 4.74 Å². The van der Waals surface area contributed by atoms with Gasteiger partial charge < -0.3 is 20.7 Å². The largest absolute Gasteiger partial charge is 0.444 e. The van der Waals surface area contributed by atoms with Crippen LogP contribution in [0.25, 0.3) is 0 Å². The van der Waals surface area contributed by atoms with Gasteiger partial charge in [-0.2, -0.15) is 0 Å². The van der Waals surface area contributed by atoms with Crippen molar-refractivity contribution < 1.29 is 9.53 Å². The number of amides is 1. The highest BCUT2D eigenvalue weighted by Gasteiger charge is 2.21. The van der Waals surface area contributed by atoms with Crippen molar-refractivity contribution in [3.05, 3.63) is 0 Å². The van der Waals surface area contributed by atoms with Crippen LogP contribution in [0.5, 0.6) is 0 Å². The van der Waals surface area contributed by atoms with Gasteiger partial charge in [-0.25, -0.2) is 4.79 Å². The lowest BCUT2D eigenvalue weighted by Crippen LogP contribution is -2.40. The summed E-state index contributed by atoms with van der Waals surface area (Å²) in [5, 5.41) is 9.24. The van der Waals surface area contributed by atoms with Crippen LogP contribution in [0.3, 0.4) is 0 Å². The quantitative estimate of drug-likeness (QED) is 0.392. The van der Waals surface area contributed by atoms with Crippen LogP contribution in [0.4, 0.5) is 4.79 Å². The highest BCUT2D eigenvalue weighted by molar-refractivity contribution is 5.79. The van der Waals surface area contributed by atoms with E-state index < -0.39 is 5.60 Å². The first-order valence-electron chi connectivity index (χ1n) is 7.32. The van der Waals surface area contributed by atoms with Gasteiger partial charge in [0.1, 0.15) is 5.60 Å². The molecule has 6 heteroatoms. The molecule has 0 aromatic rings. The zero-order chi connectivity index (χ0) is 15.0. The number of nitrogens with zero attached hydrogens (tertiary/aromatic N) is 1. The van der Waals surface area contributed by atoms with Crippen molar-refractivity contribution in [1.29, 1.82) is 0 Å². The number of nitrogens with one attached hydrogen (secondary N) is 3. The van der Waals surface area contributed by atoms with E-state index in [1.165, 1.54) is 12.8 Å². The minimum atomic E-state index is -0.447. The van der Waals surface area contributed by atoms with Crippen molar-refractivity contribution in [2.45, 2.75) is 45.6 Å². The van der Waals surface area contributed by atoms with E-state index in [-0.39, 0.29) is 6.09 Å². The van der Waals surface area contributed by atoms with Gasteiger partial charge in [-0.1, -0.05) is 0 Å². The number of hydrogen-bond acceptors (Lipinski definition) is 3. The Labute approximate surface area is 121 Å². The summed E-state index contributed by atoms with van der Waals surface area (Å²) in [6.07, 6.45) is 3.10. The lowest BCUT2D eigenvalue weighted by Gasteiger charge is -2.19. The Morgan fingerprint density at radius 2 is 1.85 bits per heavy atom. The van der Waals surface area contributed by atoms with Gasteiger partial charge in [-0.05, 0) is 46.0 Å². The lowest BCUT2D eigenvalue weighted by atomic mass is 10.2. The number of ether oxygens (including phenoxy) is 1. The number of hydrogen-bond donors (Lipinski definition) is 3. The molecular formula is C14H28N4O2. The van der Waals surface area contributed by atoms with E-state index in [0.717, 1.165) is 31.4 Å². The van der Waals surface area contributed by atoms with Crippen LogP contribution in [0, 0.1) is 5.92 Å². The number of alkyl carbamates (subject to hydrolysis) is 1. The molecule has 20 heavy (non-hydrogen) atoms. The first-order chi connectivity index (χ1) is 9.40. The minimum Gasteiger partial charge on any atom is -0.444 e. The smallest absolute Gasteiger partial charge is 0.407 e. The highest BCUT2D eigenvalue weighted by atomic mass is 16.6. The molecule has 0 aliphatic heterocycles. The average Bonchev–Trinajstić information content (AvgIpc) is 3.14. The Morgan fingerprint density at radius 3 is 2.40 bits per heavy atom. The molecule has 0 spiro atoms. The summed E-state index contributed by atoms with van der Waals surface area (Å²) in [5.74, 6) is 1.65. The van der Waals surface area contributed by atoms with E-state index in [4.69, 9.17) is 4.74 Å². The number of carbonyl (C=O) groups excluding carboxylic acids is 1. The van der Waals surface area contributed by atoms with Crippen LogP contribution >= 0.6 is 0 Å². The van der Waals surface area contributed by atoms with Crippen LogP contribution in [0.15, 0.2) is 4.99 Å². The number of rotatable bonds is 6. The minimum absolute atomic E-state index is 0.367. The third-order valence-electron chi connectivity index (χ3n) is 2.79. The second kappa shape index (κ2) is 7.97. The van der Waals surface area contributed by atoms with E-state index in [1.807, 2.05) is 20.8 Å². The Kier molecular flexibility index (Phi) is 6.61. The molecule has 1 aliphatic rings. The third-order valence-corrected chi connectivity index (χ3v) is 2.79. The van der Waals surface area contributed by atoms with Gasteiger partial charge >= 0.3 is 6.09 Å². The SMILES string of the molecule is CN=C(NCCCNC(=O)OC(C)(C)C)NCC1CC1. The third kappa shape index (κ3) is 8.61. The zero-order valence-electron chi connectivity index (χ0n) is 13.1. The standard InChI is InChI=1S/C14H28N4O2/c1-14(2,3)20-13(19)17-9-5-8-16-12(15-4)18-10-11-6-7-11/h11H,5-10H2,1-4H3,(H,17,19)(H2,15,16,18). The normalized spacial score (nSPS) is 15.7. The summed E-state index contributed by atoms with van der Waals surface area (Å²) in [4.78, 5) is 15.6. The highest BCUT2D eigenvalue weighted by Crippen LogP contribution is 2.27. The Hall–Kier alpha value is -1.46. The second-order valence-electron chi connectivity index (χ2n) is 6.11. The van der Waals surface area contributed by atoms with Crippen LogP contribution in [-0.4, -0.2) is 44.3 Å². The maximum atomic E-state index is 11.4. The topological polar surface area (TPSA) is 74.8 Å². The van der Waals surface area contributed by atoms with Crippen molar-refractivity contribution in [2.24, 2.45) is 10.9 Å². The molecule has 3 N–H and O–H groups in total. The molecule has 1 fully saturated rings. The summed E-state index contributed by atoms with van der Waals surface area (Å²) in [6, 6.07) is 0. The van der Waals surface area contributed by atoms with Crippen LogP contribution in [0.2, 0.25) is 0 Å². The van der Waals surface area contributed by atoms with Gasteiger partial charge in [0, 0.05) is 26.7 Å². The molecule has 0 atom stereocenters. The summed E-state index contributed by atoms with van der Waals surface area (Å²) in [7, 11) is 1.77. The maximum absolute atomic E-state index is 11.4. The fourth-order valence-corrected chi connectivity index (χ4v) is 1.58. The average molecular weight is 284 g/mol. The molecule has 0 saturated heterocycles. The van der Waals surface area contributed by atoms with Crippen LogP contribution < -0.4 is 16.0 Å². The zero-order valence-corrected chi connectivity index (χ0v) is 13.1. The lowest BCUT2D eigenvalue weighted by molar-refractivity contribution is 0.0527. The molecule has 116 valence electrons. The summed E-state index contributed by atoms with van der Waals surface area (Å²) < 4.78 is 5.15. The van der Waals surface area contributed by atoms with Crippen molar-refractivity contribution in [1.82, 2.24) is 16.0 Å². The molecule has 0 aromatic carbocycles. The van der Waals surface area contributed by atoms with Gasteiger partial charge in [0.15, 0.2) is 5.96 Å². The van der Waals surface area contributed by atoms with E-state index in [9.17, 15) is 4.79 Å². The maximum Gasteiger partial charge on any atom is 0.407 e. The molecular weight excluding hydrogens is 256 g/mol. The predicted octanol–water partition coefficient (Wildman–Crippen LogP) is 1.48. The predicted molar refractivity (Wildman–Crippen MR) is 80.9 cm³/mol. The first-order valence-corrected chi connectivity index (χ1v) is 7.32. The molecule has 0 aromatic heterocycles. The number of carbonyl (C=O) groups is 1. The Balaban J connectivity index is 2.01. The Bertz CT molecular complexity index is 333. The molecule has 1 saturated carbocycles. The van der Waals surface area contributed by atoms with Gasteiger partial charge in [0.2, 0.25) is 0 Å². The molecule has 1 aliphatic carbocycles. The fraction of sp³-hybridized carbons (Fsp3) is 0.857. The van der Waals surface area contributed by atoms with Gasteiger partial charge in [0.25, 0.3) is 0 Å². The molecule has 1 rings (SSSR count). The van der Waals surface area contributed by atoms with Gasteiger partial charge in [-0.3, -0.25) is 4.99 Å². The monoisotopic (exact) mass is 284 g/mol. The summed E-state index contributed by atoms with van der Waals surface area (Å²) in [5.41, 5.74) is -0.447. The van der Waals surface area contributed by atoms with Crippen molar-refractivity contribution in [3.8, 4) is 0 Å². The van der Waals surface area contributed by atoms with Gasteiger partial charge in [-0.15, -0.1) is 0 Å². The van der Waals surface area contributed by atoms with Crippen molar-refractivity contribution >= 4 is 12.1 Å². The van der Waals surface area contributed by atoms with Crippen molar-refractivity contribution in [2.75, 3.05) is 26.7 Å².